The summed E-state index contributed by atoms with van der Waals surface area (Å²) in [4.78, 5) is 21.8. The highest BCUT2D eigenvalue weighted by atomic mass is 32.1. The Balaban J connectivity index is 1.55. The van der Waals surface area contributed by atoms with E-state index in [1.54, 1.807) is 23.5 Å². The number of hydrogen-bond donors (Lipinski definition) is 1. The third-order valence-corrected chi connectivity index (χ3v) is 6.59. The maximum Gasteiger partial charge on any atom is 0.234 e. The van der Waals surface area contributed by atoms with E-state index in [0.29, 0.717) is 25.3 Å². The van der Waals surface area contributed by atoms with Crippen LogP contribution in [0.2, 0.25) is 0 Å². The van der Waals surface area contributed by atoms with Gasteiger partial charge in [0.25, 0.3) is 0 Å². The van der Waals surface area contributed by atoms with Crippen LogP contribution in [0.1, 0.15) is 6.42 Å². The van der Waals surface area contributed by atoms with Gasteiger partial charge in [-0.15, -0.1) is 11.3 Å². The molecule has 1 amide bonds. The molecule has 9 heteroatoms. The molecule has 4 rings (SSSR count). The molecule has 0 unspecified atom stereocenters. The van der Waals surface area contributed by atoms with Crippen LogP contribution in [0.3, 0.4) is 0 Å². The fourth-order valence-electron chi connectivity index (χ4n) is 3.96. The molecule has 0 spiro atoms. The molecule has 0 saturated carbocycles. The third-order valence-electron chi connectivity index (χ3n) is 5.73. The quantitative estimate of drug-likeness (QED) is 0.460. The van der Waals surface area contributed by atoms with Crippen molar-refractivity contribution >= 4 is 28.6 Å². The minimum atomic E-state index is -0.280. The van der Waals surface area contributed by atoms with Crippen molar-refractivity contribution < 1.29 is 13.9 Å². The summed E-state index contributed by atoms with van der Waals surface area (Å²) in [7, 11) is 3.75. The monoisotopic (exact) mass is 497 g/mol. The molecule has 0 radical (unpaired) electrons. The lowest BCUT2D eigenvalue weighted by Crippen LogP contribution is -2.36. The van der Waals surface area contributed by atoms with E-state index in [-0.39, 0.29) is 11.7 Å². The summed E-state index contributed by atoms with van der Waals surface area (Å²) in [5.41, 5.74) is 4.08. The maximum absolute atomic E-state index is 13.4. The van der Waals surface area contributed by atoms with Crippen LogP contribution >= 0.6 is 11.3 Å². The first-order valence-electron chi connectivity index (χ1n) is 11.8. The second-order valence-electron chi connectivity index (χ2n) is 8.73. The van der Waals surface area contributed by atoms with E-state index in [4.69, 9.17) is 9.73 Å². The number of morpholine rings is 1. The van der Waals surface area contributed by atoms with Crippen LogP contribution in [0.5, 0.6) is 0 Å². The molecule has 0 atom stereocenters. The second kappa shape index (κ2) is 12.1. The largest absolute Gasteiger partial charge is 0.378 e. The molecule has 1 N–H and O–H groups in total. The Morgan fingerprint density at radius 1 is 1.11 bits per heavy atom. The fourth-order valence-corrected chi connectivity index (χ4v) is 4.92. The lowest BCUT2D eigenvalue weighted by molar-refractivity contribution is -0.121. The molecule has 0 aliphatic carbocycles. The fraction of sp³-hybridized carbons (Fsp3) is 0.385. The zero-order valence-electron chi connectivity index (χ0n) is 20.2. The van der Waals surface area contributed by atoms with Crippen molar-refractivity contribution in [3.63, 3.8) is 0 Å². The van der Waals surface area contributed by atoms with Crippen LogP contribution in [-0.2, 0) is 16.1 Å². The molecular formula is C26H32FN5O2S. The van der Waals surface area contributed by atoms with Gasteiger partial charge in [0.2, 0.25) is 5.91 Å². The Labute approximate surface area is 209 Å². The summed E-state index contributed by atoms with van der Waals surface area (Å²) in [5, 5.41) is 5.08. The Morgan fingerprint density at radius 2 is 1.83 bits per heavy atom. The van der Waals surface area contributed by atoms with Gasteiger partial charge in [-0.05, 0) is 62.5 Å². The number of carbonyl (C=O) groups is 1. The summed E-state index contributed by atoms with van der Waals surface area (Å²) in [6, 6.07) is 14.8. The first kappa shape index (κ1) is 25.1. The van der Waals surface area contributed by atoms with Gasteiger partial charge >= 0.3 is 0 Å². The van der Waals surface area contributed by atoms with E-state index in [2.05, 4.69) is 44.4 Å². The molecule has 2 heterocycles. The number of rotatable bonds is 9. The van der Waals surface area contributed by atoms with Crippen LogP contribution in [0.25, 0.3) is 11.3 Å². The number of benzene rings is 2. The van der Waals surface area contributed by atoms with Gasteiger partial charge in [-0.2, -0.15) is 0 Å². The van der Waals surface area contributed by atoms with Gasteiger partial charge in [-0.25, -0.2) is 9.38 Å². The number of halogens is 1. The summed E-state index contributed by atoms with van der Waals surface area (Å²) in [5.74, 6) is -0.266. The minimum Gasteiger partial charge on any atom is -0.378 e. The highest BCUT2D eigenvalue weighted by Crippen LogP contribution is 2.25. The van der Waals surface area contributed by atoms with Crippen molar-refractivity contribution in [1.82, 2.24) is 14.8 Å². The molecule has 1 aliphatic rings. The Kier molecular flexibility index (Phi) is 8.68. The SMILES string of the molecule is CN(C)CC(=O)NCCCn1c(-c2ccc(N3CCOCC3)cc2)cs/c1=N\c1ccc(F)cc1. The van der Waals surface area contributed by atoms with E-state index in [1.807, 2.05) is 19.0 Å². The molecule has 3 aromatic rings. The van der Waals surface area contributed by atoms with Gasteiger partial charge in [0.05, 0.1) is 31.1 Å². The predicted octanol–water partition coefficient (Wildman–Crippen LogP) is 3.49. The van der Waals surface area contributed by atoms with E-state index >= 15 is 0 Å². The number of likely N-dealkylation sites (N-methyl/N-ethyl adjacent to an activating group) is 1. The summed E-state index contributed by atoms with van der Waals surface area (Å²) in [6.07, 6.45) is 0.769. The summed E-state index contributed by atoms with van der Waals surface area (Å²) in [6.45, 7) is 4.97. The summed E-state index contributed by atoms with van der Waals surface area (Å²) < 4.78 is 21.0. The van der Waals surface area contributed by atoms with Crippen LogP contribution in [0.4, 0.5) is 15.8 Å². The molecule has 1 fully saturated rings. The minimum absolute atomic E-state index is 0.0143. The Hall–Kier alpha value is -3.01. The van der Waals surface area contributed by atoms with E-state index in [0.717, 1.165) is 48.8 Å². The average Bonchev–Trinajstić information content (AvgIpc) is 3.25. The highest BCUT2D eigenvalue weighted by molar-refractivity contribution is 7.07. The van der Waals surface area contributed by atoms with Crippen molar-refractivity contribution in [3.8, 4) is 11.3 Å². The molecule has 7 nitrogen and oxygen atoms in total. The Morgan fingerprint density at radius 3 is 2.51 bits per heavy atom. The summed E-state index contributed by atoms with van der Waals surface area (Å²) >= 11 is 1.56. The lowest BCUT2D eigenvalue weighted by Gasteiger charge is -2.28. The number of nitrogens with one attached hydrogen (secondary N) is 1. The third kappa shape index (κ3) is 7.00. The number of ether oxygens (including phenoxy) is 1. The standard InChI is InChI=1S/C26H32FN5O2S/c1-30(2)18-25(33)28-12-3-13-32-24(19-35-26(32)29-22-8-6-21(27)7-9-22)20-4-10-23(11-5-20)31-14-16-34-17-15-31/h4-11,19H,3,12-18H2,1-2H3,(H,28,33)/b29-26-. The molecule has 35 heavy (non-hydrogen) atoms. The van der Waals surface area contributed by atoms with E-state index in [1.165, 1.54) is 17.8 Å². The number of carbonyl (C=O) groups excluding carboxylic acids is 1. The number of aromatic nitrogens is 1. The van der Waals surface area contributed by atoms with Gasteiger partial charge in [0.15, 0.2) is 4.80 Å². The zero-order chi connectivity index (χ0) is 24.6. The van der Waals surface area contributed by atoms with Crippen molar-refractivity contribution in [2.75, 3.05) is 58.4 Å². The smallest absolute Gasteiger partial charge is 0.234 e. The highest BCUT2D eigenvalue weighted by Gasteiger charge is 2.13. The second-order valence-corrected chi connectivity index (χ2v) is 9.57. The number of thiazole rings is 1. The molecule has 1 aromatic heterocycles. The number of hydrogen-bond acceptors (Lipinski definition) is 6. The molecule has 186 valence electrons. The van der Waals surface area contributed by atoms with Crippen LogP contribution < -0.4 is 15.0 Å². The molecule has 0 bridgehead atoms. The molecule has 1 saturated heterocycles. The van der Waals surface area contributed by atoms with Gasteiger partial charge in [-0.1, -0.05) is 12.1 Å². The van der Waals surface area contributed by atoms with E-state index in [9.17, 15) is 9.18 Å². The van der Waals surface area contributed by atoms with Crippen LogP contribution in [-0.4, -0.2) is 68.9 Å². The van der Waals surface area contributed by atoms with Crippen molar-refractivity contribution in [2.45, 2.75) is 13.0 Å². The van der Waals surface area contributed by atoms with Crippen LogP contribution in [0.15, 0.2) is 58.9 Å². The zero-order valence-corrected chi connectivity index (χ0v) is 21.1. The van der Waals surface area contributed by atoms with Crippen molar-refractivity contribution in [2.24, 2.45) is 4.99 Å². The number of anilines is 1. The number of amides is 1. The first-order chi connectivity index (χ1) is 17.0. The topological polar surface area (TPSA) is 62.1 Å². The molecular weight excluding hydrogens is 465 g/mol. The van der Waals surface area contributed by atoms with E-state index < -0.39 is 0 Å². The average molecular weight is 498 g/mol. The van der Waals surface area contributed by atoms with Gasteiger partial charge in [-0.3, -0.25) is 4.79 Å². The van der Waals surface area contributed by atoms with Crippen LogP contribution in [0, 0.1) is 5.82 Å². The maximum atomic E-state index is 13.4. The normalized spacial score (nSPS) is 14.5. The van der Waals surface area contributed by atoms with Crippen molar-refractivity contribution in [3.05, 3.63) is 64.5 Å². The van der Waals surface area contributed by atoms with Gasteiger partial charge < -0.3 is 24.4 Å². The van der Waals surface area contributed by atoms with Gasteiger partial charge in [0.1, 0.15) is 5.82 Å². The Bertz CT molecular complexity index is 1170. The number of nitrogens with zero attached hydrogens (tertiary/aromatic N) is 4. The molecule has 2 aromatic carbocycles. The predicted molar refractivity (Wildman–Crippen MR) is 139 cm³/mol. The molecule has 1 aliphatic heterocycles. The van der Waals surface area contributed by atoms with Crippen molar-refractivity contribution in [1.29, 1.82) is 0 Å². The lowest BCUT2D eigenvalue weighted by atomic mass is 10.1. The first-order valence-corrected chi connectivity index (χ1v) is 12.7. The van der Waals surface area contributed by atoms with Gasteiger partial charge in [0, 0.05) is 37.2 Å².